The van der Waals surface area contributed by atoms with Crippen molar-refractivity contribution >= 4 is 0 Å². The number of hydrogen-bond donors (Lipinski definition) is 4. The molecule has 1 atom stereocenters. The Hall–Kier alpha value is -4.73. The van der Waals surface area contributed by atoms with E-state index >= 15 is 4.39 Å². The first kappa shape index (κ1) is 31.7. The predicted molar refractivity (Wildman–Crippen MR) is 162 cm³/mol. The largest absolute Gasteiger partial charge is 0.488 e. The monoisotopic (exact) mass is 615 g/mol. The van der Waals surface area contributed by atoms with Crippen LogP contribution in [0, 0.1) is 30.0 Å². The number of fused-ring (bicyclic) bond motifs is 1. The highest BCUT2D eigenvalue weighted by molar-refractivity contribution is 5.71. The maximum Gasteiger partial charge on any atom is 0.165 e. The summed E-state index contributed by atoms with van der Waals surface area (Å²) in [5, 5.41) is 40.4. The van der Waals surface area contributed by atoms with Gasteiger partial charge in [-0.25, -0.2) is 4.39 Å². The summed E-state index contributed by atoms with van der Waals surface area (Å²) in [5.74, 6) is 0.298. The van der Waals surface area contributed by atoms with Gasteiger partial charge in [0, 0.05) is 48.6 Å². The fraction of sp³-hybridized carbons (Fsp3) is 0.294. The standard InChI is InChI=1S/C34H34FN3O7/c1-21-25(3-2-4-28(21)24-5-6-30-33(11-24)43-8-7-42-30)20-45-32-12-31(44-19-23-9-22(13-36)14-37-15-23)26(10-29(32)35)16-38-17-27(18-39)34(40)41/h2-6,9-12,14-15,27,34,38-41H,7-8,16-20H2,1H3. The van der Waals surface area contributed by atoms with Crippen LogP contribution in [0.15, 0.2) is 67.0 Å². The van der Waals surface area contributed by atoms with Gasteiger partial charge in [0.2, 0.25) is 0 Å². The quantitative estimate of drug-likeness (QED) is 0.163. The molecule has 10 nitrogen and oxygen atoms in total. The predicted octanol–water partition coefficient (Wildman–Crippen LogP) is 4.01. The van der Waals surface area contributed by atoms with Gasteiger partial charge in [0.1, 0.15) is 38.2 Å². The molecular formula is C34H34FN3O7. The lowest BCUT2D eigenvalue weighted by Gasteiger charge is -2.20. The Kier molecular flexibility index (Phi) is 10.4. The molecule has 45 heavy (non-hydrogen) atoms. The number of ether oxygens (including phenoxy) is 4. The number of hydrogen-bond acceptors (Lipinski definition) is 10. The van der Waals surface area contributed by atoms with Gasteiger partial charge in [-0.05, 0) is 53.4 Å². The van der Waals surface area contributed by atoms with Gasteiger partial charge in [0.15, 0.2) is 29.4 Å². The van der Waals surface area contributed by atoms with Gasteiger partial charge in [-0.15, -0.1) is 0 Å². The third-order valence-electron chi connectivity index (χ3n) is 7.49. The Morgan fingerprint density at radius 2 is 1.78 bits per heavy atom. The summed E-state index contributed by atoms with van der Waals surface area (Å²) < 4.78 is 38.8. The van der Waals surface area contributed by atoms with E-state index in [-0.39, 0.29) is 32.1 Å². The highest BCUT2D eigenvalue weighted by Gasteiger charge is 2.18. The molecule has 5 rings (SSSR count). The van der Waals surface area contributed by atoms with Crippen LogP contribution in [0.2, 0.25) is 0 Å². The van der Waals surface area contributed by atoms with Crippen molar-refractivity contribution in [1.29, 1.82) is 5.26 Å². The zero-order chi connectivity index (χ0) is 31.8. The van der Waals surface area contributed by atoms with Crippen LogP contribution in [0.5, 0.6) is 23.0 Å². The number of nitrogens with zero attached hydrogens (tertiary/aromatic N) is 2. The van der Waals surface area contributed by atoms with Gasteiger partial charge < -0.3 is 39.6 Å². The molecule has 1 unspecified atom stereocenters. The highest BCUT2D eigenvalue weighted by Crippen LogP contribution is 2.36. The molecule has 2 heterocycles. The van der Waals surface area contributed by atoms with Crippen molar-refractivity contribution in [1.82, 2.24) is 10.3 Å². The molecule has 1 aliphatic heterocycles. The zero-order valence-corrected chi connectivity index (χ0v) is 24.7. The maximum absolute atomic E-state index is 15.4. The van der Waals surface area contributed by atoms with E-state index in [0.717, 1.165) is 22.3 Å². The molecule has 0 spiro atoms. The molecule has 0 saturated heterocycles. The molecule has 11 heteroatoms. The summed E-state index contributed by atoms with van der Waals surface area (Å²) in [7, 11) is 0. The Bertz CT molecular complexity index is 1670. The molecular weight excluding hydrogens is 581 g/mol. The summed E-state index contributed by atoms with van der Waals surface area (Å²) in [5.41, 5.74) is 5.27. The van der Waals surface area contributed by atoms with Crippen molar-refractivity contribution in [2.24, 2.45) is 5.92 Å². The smallest absolute Gasteiger partial charge is 0.165 e. The molecule has 0 radical (unpaired) electrons. The van der Waals surface area contributed by atoms with Crippen molar-refractivity contribution in [3.05, 3.63) is 101 Å². The van der Waals surface area contributed by atoms with Crippen molar-refractivity contribution in [2.75, 3.05) is 26.4 Å². The van der Waals surface area contributed by atoms with Crippen molar-refractivity contribution in [3.63, 3.8) is 0 Å². The second-order valence-corrected chi connectivity index (χ2v) is 10.6. The molecule has 4 N–H and O–H groups in total. The molecule has 4 aromatic rings. The fourth-order valence-corrected chi connectivity index (χ4v) is 4.92. The number of nitriles is 1. The van der Waals surface area contributed by atoms with Crippen LogP contribution in [0.1, 0.15) is 27.8 Å². The Balaban J connectivity index is 1.35. The molecule has 0 saturated carbocycles. The lowest BCUT2D eigenvalue weighted by molar-refractivity contribution is -0.0952. The van der Waals surface area contributed by atoms with Crippen LogP contribution >= 0.6 is 0 Å². The normalized spacial score (nSPS) is 12.9. The van der Waals surface area contributed by atoms with E-state index in [9.17, 15) is 20.6 Å². The molecule has 0 amide bonds. The minimum absolute atomic E-state index is 0.0131. The number of aromatic nitrogens is 1. The number of benzene rings is 3. The van der Waals surface area contributed by atoms with Crippen molar-refractivity contribution in [3.8, 4) is 40.2 Å². The second kappa shape index (κ2) is 14.8. The van der Waals surface area contributed by atoms with Crippen molar-refractivity contribution in [2.45, 2.75) is 33.0 Å². The van der Waals surface area contributed by atoms with Crippen LogP contribution in [0.3, 0.4) is 0 Å². The number of aliphatic hydroxyl groups excluding tert-OH is 2. The Morgan fingerprint density at radius 1 is 0.978 bits per heavy atom. The first-order valence-electron chi connectivity index (χ1n) is 14.4. The molecule has 1 aromatic heterocycles. The highest BCUT2D eigenvalue weighted by atomic mass is 19.1. The molecule has 0 fully saturated rings. The first-order chi connectivity index (χ1) is 21.9. The average molecular weight is 616 g/mol. The SMILES string of the molecule is Cc1c(COc2cc(OCc3cncc(C#N)c3)c(CNCC(CO)C(O)O)cc2F)cccc1-c1ccc2c(c1)OCCO2. The lowest BCUT2D eigenvalue weighted by Crippen LogP contribution is -2.33. The lowest BCUT2D eigenvalue weighted by atomic mass is 9.96. The van der Waals surface area contributed by atoms with E-state index in [1.807, 2.05) is 49.4 Å². The molecule has 3 aromatic carbocycles. The topological polar surface area (TPSA) is 146 Å². The fourth-order valence-electron chi connectivity index (χ4n) is 4.92. The third-order valence-corrected chi connectivity index (χ3v) is 7.49. The van der Waals surface area contributed by atoms with E-state index in [1.54, 1.807) is 12.3 Å². The molecule has 0 aliphatic carbocycles. The number of nitrogens with one attached hydrogen (secondary N) is 1. The van der Waals surface area contributed by atoms with Gasteiger partial charge in [-0.1, -0.05) is 24.3 Å². The van der Waals surface area contributed by atoms with Gasteiger partial charge in [-0.2, -0.15) is 5.26 Å². The van der Waals surface area contributed by atoms with Gasteiger partial charge in [0.25, 0.3) is 0 Å². The molecule has 1 aliphatic rings. The van der Waals surface area contributed by atoms with E-state index in [4.69, 9.17) is 18.9 Å². The summed E-state index contributed by atoms with van der Waals surface area (Å²) in [6.07, 6.45) is 1.31. The van der Waals surface area contributed by atoms with Gasteiger partial charge in [0.05, 0.1) is 12.2 Å². The van der Waals surface area contributed by atoms with Crippen LogP contribution in [0.4, 0.5) is 4.39 Å². The number of rotatable bonds is 13. The summed E-state index contributed by atoms with van der Waals surface area (Å²) in [4.78, 5) is 4.05. The minimum Gasteiger partial charge on any atom is -0.488 e. The Morgan fingerprint density at radius 3 is 2.56 bits per heavy atom. The third kappa shape index (κ3) is 7.87. The van der Waals surface area contributed by atoms with Gasteiger partial charge >= 0.3 is 0 Å². The van der Waals surface area contributed by atoms with E-state index < -0.39 is 24.6 Å². The summed E-state index contributed by atoms with van der Waals surface area (Å²) in [6, 6.07) is 18.1. The first-order valence-corrected chi connectivity index (χ1v) is 14.4. The van der Waals surface area contributed by atoms with Crippen LogP contribution in [-0.4, -0.2) is 53.0 Å². The molecule has 234 valence electrons. The Labute approximate surface area is 260 Å². The number of aliphatic hydroxyl groups is 3. The van der Waals surface area contributed by atoms with Crippen molar-refractivity contribution < 1.29 is 38.7 Å². The summed E-state index contributed by atoms with van der Waals surface area (Å²) >= 11 is 0. The summed E-state index contributed by atoms with van der Waals surface area (Å²) in [6.45, 7) is 2.90. The van der Waals surface area contributed by atoms with E-state index in [0.29, 0.717) is 47.2 Å². The van der Waals surface area contributed by atoms with Gasteiger partial charge in [-0.3, -0.25) is 4.98 Å². The van der Waals surface area contributed by atoms with Crippen LogP contribution in [0.25, 0.3) is 11.1 Å². The zero-order valence-electron chi connectivity index (χ0n) is 24.7. The van der Waals surface area contributed by atoms with E-state index in [1.165, 1.54) is 18.3 Å². The number of halogens is 1. The number of pyridine rings is 1. The second-order valence-electron chi connectivity index (χ2n) is 10.6. The maximum atomic E-state index is 15.4. The minimum atomic E-state index is -1.71. The average Bonchev–Trinajstić information content (AvgIpc) is 3.06. The molecule has 0 bridgehead atoms. The van der Waals surface area contributed by atoms with Crippen LogP contribution < -0.4 is 24.3 Å². The van der Waals surface area contributed by atoms with Crippen LogP contribution in [-0.2, 0) is 19.8 Å². The van der Waals surface area contributed by atoms with E-state index in [2.05, 4.69) is 10.3 Å².